The molecule has 170 valence electrons. The molecule has 5 heteroatoms. The van der Waals surface area contributed by atoms with Gasteiger partial charge in [-0.2, -0.15) is 0 Å². The first-order chi connectivity index (χ1) is 17.3. The molecule has 2 heterocycles. The molecule has 0 amide bonds. The van der Waals surface area contributed by atoms with Crippen molar-refractivity contribution in [3.8, 4) is 5.75 Å². The highest BCUT2D eigenvalue weighted by atomic mass is 16.5. The Balaban J connectivity index is 1.34. The minimum absolute atomic E-state index is 0.144. The third-order valence-corrected chi connectivity index (χ3v) is 6.95. The number of nitrogens with one attached hydrogen (secondary N) is 2. The zero-order valence-corrected chi connectivity index (χ0v) is 19.3. The molecule has 0 spiro atoms. The lowest BCUT2D eigenvalue weighted by Gasteiger charge is -2.20. The maximum Gasteiger partial charge on any atom is 0.198 e. The van der Waals surface area contributed by atoms with Crippen molar-refractivity contribution in [2.45, 2.75) is 12.4 Å². The van der Waals surface area contributed by atoms with Crippen molar-refractivity contribution in [1.82, 2.24) is 10.9 Å². The van der Waals surface area contributed by atoms with Gasteiger partial charge in [0.25, 0.3) is 0 Å². The van der Waals surface area contributed by atoms with Gasteiger partial charge in [-0.1, -0.05) is 91.0 Å². The van der Waals surface area contributed by atoms with Crippen LogP contribution in [0, 0.1) is 0 Å². The third kappa shape index (κ3) is 3.24. The molecule has 5 aromatic carbocycles. The van der Waals surface area contributed by atoms with Crippen molar-refractivity contribution in [2.24, 2.45) is 4.99 Å². The van der Waals surface area contributed by atoms with Gasteiger partial charge in [0.1, 0.15) is 12.0 Å². The summed E-state index contributed by atoms with van der Waals surface area (Å²) in [5, 5.41) is 4.67. The molecule has 5 aromatic rings. The van der Waals surface area contributed by atoms with E-state index >= 15 is 0 Å². The molecule has 0 bridgehead atoms. The average molecular weight is 457 g/mol. The highest BCUT2D eigenvalue weighted by molar-refractivity contribution is 6.13. The molecule has 0 aromatic heterocycles. The molecule has 2 atom stereocenters. The Morgan fingerprint density at radius 2 is 1.49 bits per heavy atom. The van der Waals surface area contributed by atoms with E-state index in [0.717, 1.165) is 39.3 Å². The molecule has 35 heavy (non-hydrogen) atoms. The van der Waals surface area contributed by atoms with E-state index in [1.807, 2.05) is 24.3 Å². The van der Waals surface area contributed by atoms with Gasteiger partial charge in [-0.25, -0.2) is 10.4 Å². The number of hydrazine groups is 1. The lowest BCUT2D eigenvalue weighted by Crippen LogP contribution is -2.31. The first kappa shape index (κ1) is 20.1. The van der Waals surface area contributed by atoms with E-state index in [2.05, 4.69) is 102 Å². The Morgan fingerprint density at radius 3 is 2.31 bits per heavy atom. The SMILES string of the molecule is CN1c2ccc3ccc4ccc(C5N=C(c6ccccc6)NN5)cc4c3c2OC1c1ccccc1. The predicted molar refractivity (Wildman–Crippen MR) is 142 cm³/mol. The number of nitrogens with zero attached hydrogens (tertiary/aromatic N) is 2. The number of hydrogen-bond acceptors (Lipinski definition) is 5. The molecule has 2 N–H and O–H groups in total. The number of fused-ring (bicyclic) bond motifs is 5. The molecule has 0 aliphatic carbocycles. The van der Waals surface area contributed by atoms with Gasteiger partial charge >= 0.3 is 0 Å². The number of hydrogen-bond donors (Lipinski definition) is 2. The van der Waals surface area contributed by atoms with Crippen molar-refractivity contribution in [3.05, 3.63) is 120 Å². The van der Waals surface area contributed by atoms with Crippen LogP contribution < -0.4 is 20.5 Å². The summed E-state index contributed by atoms with van der Waals surface area (Å²) in [6, 6.07) is 35.8. The zero-order chi connectivity index (χ0) is 23.4. The summed E-state index contributed by atoms with van der Waals surface area (Å²) >= 11 is 0. The number of benzene rings is 5. The molecule has 2 aliphatic heterocycles. The standard InChI is InChI=1S/C30H24N4O/c1-34-25-17-16-20-14-12-19-13-15-23(29-31-28(32-33-29)21-8-4-2-5-9-21)18-24(19)26(20)27(25)35-30(34)22-10-6-3-7-11-22/h2-18,29-30,33H,1H3,(H,31,32). The molecule has 0 fully saturated rings. The van der Waals surface area contributed by atoms with E-state index in [1.54, 1.807) is 0 Å². The van der Waals surface area contributed by atoms with Crippen LogP contribution in [0.15, 0.2) is 108 Å². The smallest absolute Gasteiger partial charge is 0.198 e. The third-order valence-electron chi connectivity index (χ3n) is 6.95. The summed E-state index contributed by atoms with van der Waals surface area (Å²) in [4.78, 5) is 7.12. The largest absolute Gasteiger partial charge is 0.463 e. The zero-order valence-electron chi connectivity index (χ0n) is 19.3. The van der Waals surface area contributed by atoms with E-state index in [-0.39, 0.29) is 12.4 Å². The fourth-order valence-corrected chi connectivity index (χ4v) is 5.14. The summed E-state index contributed by atoms with van der Waals surface area (Å²) in [5.41, 5.74) is 11.0. The van der Waals surface area contributed by atoms with Crippen LogP contribution in [0.4, 0.5) is 5.69 Å². The second-order valence-corrected chi connectivity index (χ2v) is 9.07. The second kappa shape index (κ2) is 7.86. The van der Waals surface area contributed by atoms with Crippen LogP contribution in [0.2, 0.25) is 0 Å². The normalized spacial score (nSPS) is 18.9. The highest BCUT2D eigenvalue weighted by Gasteiger charge is 2.31. The maximum absolute atomic E-state index is 6.64. The maximum atomic E-state index is 6.64. The number of rotatable bonds is 3. The first-order valence-corrected chi connectivity index (χ1v) is 11.8. The average Bonchev–Trinajstić information content (AvgIpc) is 3.54. The van der Waals surface area contributed by atoms with Crippen LogP contribution in [0.5, 0.6) is 5.75 Å². The van der Waals surface area contributed by atoms with Crippen molar-refractivity contribution in [2.75, 3.05) is 11.9 Å². The predicted octanol–water partition coefficient (Wildman–Crippen LogP) is 6.07. The van der Waals surface area contributed by atoms with Crippen LogP contribution in [-0.4, -0.2) is 12.9 Å². The first-order valence-electron chi connectivity index (χ1n) is 11.8. The fourth-order valence-electron chi connectivity index (χ4n) is 5.14. The van der Waals surface area contributed by atoms with Gasteiger partial charge in [-0.3, -0.25) is 0 Å². The van der Waals surface area contributed by atoms with Gasteiger partial charge < -0.3 is 15.1 Å². The van der Waals surface area contributed by atoms with Crippen molar-refractivity contribution < 1.29 is 4.74 Å². The van der Waals surface area contributed by atoms with E-state index < -0.39 is 0 Å². The molecule has 0 radical (unpaired) electrons. The minimum Gasteiger partial charge on any atom is -0.463 e. The molecule has 0 saturated heterocycles. The highest BCUT2D eigenvalue weighted by Crippen LogP contribution is 2.48. The molecular weight excluding hydrogens is 432 g/mol. The quantitative estimate of drug-likeness (QED) is 0.323. The van der Waals surface area contributed by atoms with Crippen LogP contribution >= 0.6 is 0 Å². The minimum atomic E-state index is -0.165. The molecule has 2 unspecified atom stereocenters. The van der Waals surface area contributed by atoms with Crippen LogP contribution in [0.1, 0.15) is 29.1 Å². The molecule has 0 saturated carbocycles. The fraction of sp³-hybridized carbons (Fsp3) is 0.100. The van der Waals surface area contributed by atoms with Gasteiger partial charge in [0, 0.05) is 23.6 Å². The van der Waals surface area contributed by atoms with Gasteiger partial charge in [-0.15, -0.1) is 0 Å². The molecule has 2 aliphatic rings. The number of ether oxygens (including phenoxy) is 1. The Morgan fingerprint density at radius 1 is 0.771 bits per heavy atom. The summed E-state index contributed by atoms with van der Waals surface area (Å²) in [5.74, 6) is 1.79. The van der Waals surface area contributed by atoms with Crippen LogP contribution in [-0.2, 0) is 0 Å². The summed E-state index contributed by atoms with van der Waals surface area (Å²) in [7, 11) is 2.10. The lowest BCUT2D eigenvalue weighted by atomic mass is 9.98. The topological polar surface area (TPSA) is 48.9 Å². The monoisotopic (exact) mass is 456 g/mol. The Hall–Kier alpha value is -4.35. The Bertz CT molecular complexity index is 1600. The van der Waals surface area contributed by atoms with Crippen molar-refractivity contribution >= 4 is 33.1 Å². The number of amidine groups is 1. The summed E-state index contributed by atoms with van der Waals surface area (Å²) in [6.07, 6.45) is -0.309. The van der Waals surface area contributed by atoms with Crippen LogP contribution in [0.25, 0.3) is 21.5 Å². The Labute approximate surface area is 203 Å². The number of anilines is 1. The lowest BCUT2D eigenvalue weighted by molar-refractivity contribution is 0.238. The van der Waals surface area contributed by atoms with Gasteiger partial charge in [0.15, 0.2) is 12.0 Å². The summed E-state index contributed by atoms with van der Waals surface area (Å²) < 4.78 is 6.64. The summed E-state index contributed by atoms with van der Waals surface area (Å²) in [6.45, 7) is 0. The van der Waals surface area contributed by atoms with E-state index in [9.17, 15) is 0 Å². The van der Waals surface area contributed by atoms with Crippen molar-refractivity contribution in [1.29, 1.82) is 0 Å². The van der Waals surface area contributed by atoms with E-state index in [4.69, 9.17) is 9.73 Å². The Kier molecular flexibility index (Phi) is 4.50. The van der Waals surface area contributed by atoms with Gasteiger partial charge in [0.2, 0.25) is 0 Å². The van der Waals surface area contributed by atoms with E-state index in [0.29, 0.717) is 0 Å². The van der Waals surface area contributed by atoms with Gasteiger partial charge in [0.05, 0.1) is 5.69 Å². The van der Waals surface area contributed by atoms with Crippen molar-refractivity contribution in [3.63, 3.8) is 0 Å². The van der Waals surface area contributed by atoms with E-state index in [1.165, 1.54) is 16.2 Å². The molecular formula is C30H24N4O. The second-order valence-electron chi connectivity index (χ2n) is 9.07. The molecule has 7 rings (SSSR count). The van der Waals surface area contributed by atoms with Crippen LogP contribution in [0.3, 0.4) is 0 Å². The van der Waals surface area contributed by atoms with Gasteiger partial charge in [-0.05, 0) is 33.9 Å². The number of aliphatic imine (C=N–C) groups is 1. The molecule has 5 nitrogen and oxygen atoms in total.